The molecule has 1 aliphatic rings. The first-order valence-electron chi connectivity index (χ1n) is 7.36. The van der Waals surface area contributed by atoms with Crippen LogP contribution in [0.15, 0.2) is 42.5 Å². The molecule has 2 nitrogen and oxygen atoms in total. The van der Waals surface area contributed by atoms with Crippen molar-refractivity contribution in [3.63, 3.8) is 0 Å². The van der Waals surface area contributed by atoms with Crippen molar-refractivity contribution in [1.82, 2.24) is 5.32 Å². The zero-order valence-corrected chi connectivity index (χ0v) is 12.6. The van der Waals surface area contributed by atoms with Gasteiger partial charge in [-0.1, -0.05) is 36.4 Å². The van der Waals surface area contributed by atoms with Gasteiger partial charge < -0.3 is 10.1 Å². The molecule has 0 amide bonds. The Morgan fingerprint density at radius 2 is 2.10 bits per heavy atom. The van der Waals surface area contributed by atoms with Crippen molar-refractivity contribution in [1.29, 1.82) is 0 Å². The van der Waals surface area contributed by atoms with Crippen LogP contribution in [-0.2, 0) is 0 Å². The third-order valence-electron chi connectivity index (χ3n) is 4.05. The number of hydrogen-bond acceptors (Lipinski definition) is 2. The molecular weight excluding hydrogens is 258 g/mol. The van der Waals surface area contributed by atoms with E-state index in [4.69, 9.17) is 4.74 Å². The van der Waals surface area contributed by atoms with Crippen LogP contribution >= 0.6 is 0 Å². The van der Waals surface area contributed by atoms with Crippen molar-refractivity contribution in [2.24, 2.45) is 0 Å². The Kier molecular flexibility index (Phi) is 3.80. The van der Waals surface area contributed by atoms with Crippen LogP contribution in [0, 0.1) is 0 Å². The Hall–Kier alpha value is -2.06. The molecule has 0 aromatic heterocycles. The van der Waals surface area contributed by atoms with Crippen molar-refractivity contribution < 1.29 is 4.74 Å². The zero-order chi connectivity index (χ0) is 14.8. The smallest absolute Gasteiger partial charge is 0.126 e. The zero-order valence-electron chi connectivity index (χ0n) is 12.6. The summed E-state index contributed by atoms with van der Waals surface area (Å²) in [4.78, 5) is 0. The number of rotatable bonds is 3. The summed E-state index contributed by atoms with van der Waals surface area (Å²) in [7, 11) is 1.70. The first kappa shape index (κ1) is 13.9. The number of nitrogens with one attached hydrogen (secondary N) is 1. The van der Waals surface area contributed by atoms with E-state index in [1.54, 1.807) is 7.11 Å². The van der Waals surface area contributed by atoms with E-state index in [1.807, 2.05) is 6.08 Å². The van der Waals surface area contributed by atoms with E-state index in [0.29, 0.717) is 6.04 Å². The van der Waals surface area contributed by atoms with E-state index >= 15 is 0 Å². The van der Waals surface area contributed by atoms with Crippen LogP contribution in [-0.4, -0.2) is 19.7 Å². The first-order chi connectivity index (χ1) is 10.2. The lowest BCUT2D eigenvalue weighted by molar-refractivity contribution is 0.414. The molecule has 0 aliphatic carbocycles. The molecule has 2 heteroatoms. The molecule has 1 heterocycles. The van der Waals surface area contributed by atoms with E-state index in [9.17, 15) is 0 Å². The Bertz CT molecular complexity index is 715. The minimum Gasteiger partial charge on any atom is -0.496 e. The van der Waals surface area contributed by atoms with Crippen molar-refractivity contribution in [2.75, 3.05) is 13.7 Å². The topological polar surface area (TPSA) is 21.3 Å². The van der Waals surface area contributed by atoms with E-state index in [-0.39, 0.29) is 0 Å². The highest BCUT2D eigenvalue weighted by atomic mass is 16.5. The average molecular weight is 279 g/mol. The number of benzene rings is 2. The molecular formula is C19H21NO. The van der Waals surface area contributed by atoms with Gasteiger partial charge in [-0.2, -0.15) is 0 Å². The van der Waals surface area contributed by atoms with Gasteiger partial charge in [-0.05, 0) is 47.9 Å². The highest BCUT2D eigenvalue weighted by Crippen LogP contribution is 2.28. The molecule has 108 valence electrons. The first-order valence-corrected chi connectivity index (χ1v) is 7.36. The van der Waals surface area contributed by atoms with Gasteiger partial charge in [0.15, 0.2) is 0 Å². The molecule has 1 N–H and O–H groups in total. The summed E-state index contributed by atoms with van der Waals surface area (Å²) < 4.78 is 5.40. The maximum absolute atomic E-state index is 5.40. The Balaban J connectivity index is 2.01. The van der Waals surface area contributed by atoms with Crippen LogP contribution in [0.25, 0.3) is 22.9 Å². The molecule has 2 aromatic carbocycles. The SMILES string of the molecule is C=Cc1cc2cc(C=C3CNC(C)C3)ccc2cc1OC. The minimum absolute atomic E-state index is 0.591. The summed E-state index contributed by atoms with van der Waals surface area (Å²) in [5.74, 6) is 0.873. The molecule has 0 spiro atoms. The summed E-state index contributed by atoms with van der Waals surface area (Å²) in [6.45, 7) is 7.09. The third-order valence-corrected chi connectivity index (χ3v) is 4.05. The van der Waals surface area contributed by atoms with E-state index in [2.05, 4.69) is 55.2 Å². The van der Waals surface area contributed by atoms with E-state index in [0.717, 1.165) is 24.3 Å². The number of hydrogen-bond donors (Lipinski definition) is 1. The molecule has 1 unspecified atom stereocenters. The molecule has 1 fully saturated rings. The summed E-state index contributed by atoms with van der Waals surface area (Å²) in [6.07, 6.45) is 5.28. The molecule has 21 heavy (non-hydrogen) atoms. The fraction of sp³-hybridized carbons (Fsp3) is 0.263. The van der Waals surface area contributed by atoms with Gasteiger partial charge in [0.1, 0.15) is 5.75 Å². The monoisotopic (exact) mass is 279 g/mol. The number of ether oxygens (including phenoxy) is 1. The van der Waals surface area contributed by atoms with Crippen molar-refractivity contribution >= 4 is 22.9 Å². The highest BCUT2D eigenvalue weighted by molar-refractivity contribution is 5.89. The van der Waals surface area contributed by atoms with Crippen LogP contribution in [0.4, 0.5) is 0 Å². The standard InChI is InChI=1S/C19H21NO/c1-4-16-10-18-9-14(8-15-7-13(2)20-12-15)5-6-17(18)11-19(16)21-3/h4-6,8-11,13,20H,1,7,12H2,2-3H3. The molecule has 1 aliphatic heterocycles. The van der Waals surface area contributed by atoms with Gasteiger partial charge in [-0.3, -0.25) is 0 Å². The summed E-state index contributed by atoms with van der Waals surface area (Å²) in [5, 5.41) is 5.88. The predicted octanol–water partition coefficient (Wildman–Crippen LogP) is 4.26. The second kappa shape index (κ2) is 5.74. The minimum atomic E-state index is 0.591. The Morgan fingerprint density at radius 3 is 2.76 bits per heavy atom. The fourth-order valence-corrected chi connectivity index (χ4v) is 2.93. The lowest BCUT2D eigenvalue weighted by Crippen LogP contribution is -2.16. The van der Waals surface area contributed by atoms with Gasteiger partial charge >= 0.3 is 0 Å². The van der Waals surface area contributed by atoms with Gasteiger partial charge in [0.05, 0.1) is 7.11 Å². The van der Waals surface area contributed by atoms with Gasteiger partial charge in [0.2, 0.25) is 0 Å². The maximum Gasteiger partial charge on any atom is 0.126 e. The molecule has 0 radical (unpaired) electrons. The molecule has 0 bridgehead atoms. The average Bonchev–Trinajstić information content (AvgIpc) is 2.90. The highest BCUT2D eigenvalue weighted by Gasteiger charge is 2.13. The maximum atomic E-state index is 5.40. The molecule has 1 saturated heterocycles. The number of fused-ring (bicyclic) bond motifs is 1. The van der Waals surface area contributed by atoms with Crippen LogP contribution in [0.2, 0.25) is 0 Å². The quantitative estimate of drug-likeness (QED) is 0.906. The van der Waals surface area contributed by atoms with Gasteiger partial charge in [-0.25, -0.2) is 0 Å². The number of methoxy groups -OCH3 is 1. The van der Waals surface area contributed by atoms with Crippen molar-refractivity contribution in [2.45, 2.75) is 19.4 Å². The van der Waals surface area contributed by atoms with E-state index < -0.39 is 0 Å². The van der Waals surface area contributed by atoms with Gasteiger partial charge in [0.25, 0.3) is 0 Å². The second-order valence-corrected chi connectivity index (χ2v) is 5.69. The Labute approximate surface area is 126 Å². The van der Waals surface area contributed by atoms with Crippen LogP contribution < -0.4 is 10.1 Å². The lowest BCUT2D eigenvalue weighted by atomic mass is 10.0. The normalized spacial score (nSPS) is 20.1. The molecule has 3 rings (SSSR count). The van der Waals surface area contributed by atoms with Gasteiger partial charge in [0, 0.05) is 18.2 Å². The van der Waals surface area contributed by atoms with Crippen LogP contribution in [0.1, 0.15) is 24.5 Å². The Morgan fingerprint density at radius 1 is 1.24 bits per heavy atom. The van der Waals surface area contributed by atoms with Gasteiger partial charge in [-0.15, -0.1) is 0 Å². The summed E-state index contributed by atoms with van der Waals surface area (Å²) in [5.41, 5.74) is 3.76. The molecule has 1 atom stereocenters. The van der Waals surface area contributed by atoms with Crippen LogP contribution in [0.3, 0.4) is 0 Å². The molecule has 0 saturated carbocycles. The largest absolute Gasteiger partial charge is 0.496 e. The fourth-order valence-electron chi connectivity index (χ4n) is 2.93. The second-order valence-electron chi connectivity index (χ2n) is 5.69. The van der Waals surface area contributed by atoms with E-state index in [1.165, 1.54) is 21.9 Å². The third kappa shape index (κ3) is 2.86. The lowest BCUT2D eigenvalue weighted by Gasteiger charge is -2.08. The van der Waals surface area contributed by atoms with Crippen LogP contribution in [0.5, 0.6) is 5.75 Å². The summed E-state index contributed by atoms with van der Waals surface area (Å²) >= 11 is 0. The molecule has 2 aromatic rings. The predicted molar refractivity (Wildman–Crippen MR) is 90.6 cm³/mol. The van der Waals surface area contributed by atoms with Crippen molar-refractivity contribution in [3.8, 4) is 5.75 Å². The summed E-state index contributed by atoms with van der Waals surface area (Å²) in [6, 6.07) is 11.4. The van der Waals surface area contributed by atoms with Crippen molar-refractivity contribution in [3.05, 3.63) is 53.6 Å².